The molecule has 132 valence electrons. The summed E-state index contributed by atoms with van der Waals surface area (Å²) in [6, 6.07) is 11.7. The number of amides is 3. The highest BCUT2D eigenvalue weighted by atomic mass is 32.1. The molecule has 25 heavy (non-hydrogen) atoms. The number of rotatable bonds is 4. The van der Waals surface area contributed by atoms with E-state index in [2.05, 4.69) is 10.6 Å². The lowest BCUT2D eigenvalue weighted by molar-refractivity contribution is 0.0951. The van der Waals surface area contributed by atoms with Crippen LogP contribution < -0.4 is 10.6 Å². The Kier molecular flexibility index (Phi) is 5.71. The second-order valence-corrected chi connectivity index (χ2v) is 7.26. The van der Waals surface area contributed by atoms with Crippen molar-refractivity contribution in [2.24, 2.45) is 0 Å². The summed E-state index contributed by atoms with van der Waals surface area (Å²) in [5, 5.41) is 7.66. The molecule has 1 saturated heterocycles. The minimum absolute atomic E-state index is 0.0328. The Morgan fingerprint density at radius 2 is 2.16 bits per heavy atom. The van der Waals surface area contributed by atoms with Gasteiger partial charge in [-0.05, 0) is 42.0 Å². The molecule has 5 nitrogen and oxygen atoms in total. The molecular formula is C19H23N3O2S. The first-order valence-electron chi connectivity index (χ1n) is 8.54. The molecule has 0 bridgehead atoms. The van der Waals surface area contributed by atoms with Crippen LogP contribution in [0.3, 0.4) is 0 Å². The smallest absolute Gasteiger partial charge is 0.317 e. The van der Waals surface area contributed by atoms with E-state index in [0.717, 1.165) is 29.8 Å². The zero-order valence-electron chi connectivity index (χ0n) is 14.3. The number of nitrogens with zero attached hydrogens (tertiary/aromatic N) is 1. The molecule has 1 atom stereocenters. The molecule has 0 radical (unpaired) electrons. The topological polar surface area (TPSA) is 61.4 Å². The van der Waals surface area contributed by atoms with Crippen LogP contribution >= 0.6 is 11.3 Å². The van der Waals surface area contributed by atoms with Gasteiger partial charge in [0.1, 0.15) is 0 Å². The first-order chi connectivity index (χ1) is 12.2. The Morgan fingerprint density at radius 3 is 2.92 bits per heavy atom. The van der Waals surface area contributed by atoms with Crippen molar-refractivity contribution in [3.8, 4) is 0 Å². The van der Waals surface area contributed by atoms with Crippen LogP contribution in [0.5, 0.6) is 0 Å². The third-order valence-corrected chi connectivity index (χ3v) is 5.42. The fourth-order valence-corrected chi connectivity index (χ4v) is 3.85. The van der Waals surface area contributed by atoms with E-state index in [0.29, 0.717) is 18.7 Å². The fraction of sp³-hybridized carbons (Fsp3) is 0.368. The van der Waals surface area contributed by atoms with Gasteiger partial charge in [0.2, 0.25) is 0 Å². The lowest BCUT2D eigenvalue weighted by Gasteiger charge is -2.32. The third-order valence-electron chi connectivity index (χ3n) is 4.55. The van der Waals surface area contributed by atoms with Gasteiger partial charge < -0.3 is 15.5 Å². The molecule has 1 aliphatic rings. The Hall–Kier alpha value is -2.34. The Balaban J connectivity index is 1.66. The Labute approximate surface area is 152 Å². The average Bonchev–Trinajstić information content (AvgIpc) is 3.19. The largest absolute Gasteiger partial charge is 0.347 e. The molecule has 2 N–H and O–H groups in total. The molecule has 1 aromatic heterocycles. The number of likely N-dealkylation sites (tertiary alicyclic amines) is 1. The number of hydrogen-bond acceptors (Lipinski definition) is 3. The first kappa shape index (κ1) is 17.5. The lowest BCUT2D eigenvalue weighted by atomic mass is 9.89. The van der Waals surface area contributed by atoms with Gasteiger partial charge in [-0.2, -0.15) is 0 Å². The van der Waals surface area contributed by atoms with E-state index in [-0.39, 0.29) is 17.9 Å². The normalized spacial score (nSPS) is 17.2. The monoisotopic (exact) mass is 357 g/mol. The number of piperidine rings is 1. The summed E-state index contributed by atoms with van der Waals surface area (Å²) in [4.78, 5) is 27.3. The predicted molar refractivity (Wildman–Crippen MR) is 99.9 cm³/mol. The van der Waals surface area contributed by atoms with Crippen LogP contribution in [0.1, 0.15) is 39.6 Å². The summed E-state index contributed by atoms with van der Waals surface area (Å²) < 4.78 is 0. The van der Waals surface area contributed by atoms with Crippen LogP contribution in [0.15, 0.2) is 41.8 Å². The zero-order chi connectivity index (χ0) is 17.6. The number of carbonyl (C=O) groups is 2. The van der Waals surface area contributed by atoms with Crippen molar-refractivity contribution in [3.63, 3.8) is 0 Å². The Bertz CT molecular complexity index is 730. The quantitative estimate of drug-likeness (QED) is 0.883. The summed E-state index contributed by atoms with van der Waals surface area (Å²) in [5.41, 5.74) is 1.79. The molecule has 1 aromatic carbocycles. The predicted octanol–water partition coefficient (Wildman–Crippen LogP) is 3.20. The van der Waals surface area contributed by atoms with Crippen molar-refractivity contribution < 1.29 is 9.59 Å². The van der Waals surface area contributed by atoms with Crippen LogP contribution in [0, 0.1) is 0 Å². The number of urea groups is 1. The third kappa shape index (κ3) is 4.39. The molecule has 6 heteroatoms. The van der Waals surface area contributed by atoms with Crippen molar-refractivity contribution in [3.05, 3.63) is 57.8 Å². The lowest BCUT2D eigenvalue weighted by Crippen LogP contribution is -2.43. The van der Waals surface area contributed by atoms with Gasteiger partial charge in [0.05, 0.1) is 6.54 Å². The molecular weight excluding hydrogens is 334 g/mol. The summed E-state index contributed by atoms with van der Waals surface area (Å²) in [6.07, 6.45) is 2.01. The van der Waals surface area contributed by atoms with Crippen LogP contribution in [0.2, 0.25) is 0 Å². The van der Waals surface area contributed by atoms with Gasteiger partial charge in [-0.25, -0.2) is 4.79 Å². The zero-order valence-corrected chi connectivity index (χ0v) is 15.1. The highest BCUT2D eigenvalue weighted by Crippen LogP contribution is 2.27. The molecule has 0 saturated carbocycles. The van der Waals surface area contributed by atoms with E-state index in [4.69, 9.17) is 0 Å². The molecule has 1 fully saturated rings. The van der Waals surface area contributed by atoms with E-state index in [1.165, 1.54) is 0 Å². The van der Waals surface area contributed by atoms with E-state index < -0.39 is 0 Å². The minimum Gasteiger partial charge on any atom is -0.347 e. The summed E-state index contributed by atoms with van der Waals surface area (Å²) in [6.45, 7) is 2.03. The standard InChI is InChI=1S/C19H23N3O2S/c1-20-19(24)22-9-3-7-16(13-22)14-5-2-6-15(11-14)18(23)21-12-17-8-4-10-25-17/h2,4-6,8,10-11,16H,3,7,9,12-13H2,1H3,(H,20,24)(H,21,23)/t16-/m0/s1. The van der Waals surface area contributed by atoms with Gasteiger partial charge in [-0.3, -0.25) is 4.79 Å². The van der Waals surface area contributed by atoms with E-state index >= 15 is 0 Å². The number of nitrogens with one attached hydrogen (secondary N) is 2. The summed E-state index contributed by atoms with van der Waals surface area (Å²) in [7, 11) is 1.66. The van der Waals surface area contributed by atoms with Gasteiger partial charge in [-0.15, -0.1) is 11.3 Å². The molecule has 0 unspecified atom stereocenters. The van der Waals surface area contributed by atoms with Crippen LogP contribution in [0.25, 0.3) is 0 Å². The number of thiophene rings is 1. The van der Waals surface area contributed by atoms with Gasteiger partial charge in [0, 0.05) is 36.5 Å². The van der Waals surface area contributed by atoms with Crippen LogP contribution in [-0.4, -0.2) is 37.0 Å². The second kappa shape index (κ2) is 8.16. The average molecular weight is 357 g/mol. The van der Waals surface area contributed by atoms with Crippen molar-refractivity contribution in [1.29, 1.82) is 0 Å². The van der Waals surface area contributed by atoms with Gasteiger partial charge in [0.25, 0.3) is 5.91 Å². The van der Waals surface area contributed by atoms with E-state index in [1.54, 1.807) is 18.4 Å². The number of benzene rings is 1. The maximum absolute atomic E-state index is 12.4. The van der Waals surface area contributed by atoms with Crippen molar-refractivity contribution >= 4 is 23.3 Å². The molecule has 1 aliphatic heterocycles. The number of hydrogen-bond donors (Lipinski definition) is 2. The van der Waals surface area contributed by atoms with E-state index in [9.17, 15) is 9.59 Å². The number of carbonyl (C=O) groups excluding carboxylic acids is 2. The second-order valence-electron chi connectivity index (χ2n) is 6.23. The SMILES string of the molecule is CNC(=O)N1CCC[C@H](c2cccc(C(=O)NCc3cccs3)c2)C1. The molecule has 3 rings (SSSR count). The van der Waals surface area contributed by atoms with Gasteiger partial charge in [-0.1, -0.05) is 18.2 Å². The minimum atomic E-state index is -0.0609. The van der Waals surface area contributed by atoms with Crippen LogP contribution in [0.4, 0.5) is 4.79 Å². The van der Waals surface area contributed by atoms with Crippen molar-refractivity contribution in [1.82, 2.24) is 15.5 Å². The Morgan fingerprint density at radius 1 is 1.28 bits per heavy atom. The molecule has 2 aromatic rings. The maximum Gasteiger partial charge on any atom is 0.317 e. The fourth-order valence-electron chi connectivity index (χ4n) is 3.21. The van der Waals surface area contributed by atoms with E-state index in [1.807, 2.05) is 46.7 Å². The summed E-state index contributed by atoms with van der Waals surface area (Å²) in [5.74, 6) is 0.213. The highest BCUT2D eigenvalue weighted by Gasteiger charge is 2.24. The van der Waals surface area contributed by atoms with Gasteiger partial charge >= 0.3 is 6.03 Å². The van der Waals surface area contributed by atoms with Crippen molar-refractivity contribution in [2.75, 3.05) is 20.1 Å². The highest BCUT2D eigenvalue weighted by molar-refractivity contribution is 7.09. The first-order valence-corrected chi connectivity index (χ1v) is 9.42. The summed E-state index contributed by atoms with van der Waals surface area (Å²) >= 11 is 1.63. The molecule has 2 heterocycles. The molecule has 0 aliphatic carbocycles. The molecule has 3 amide bonds. The van der Waals surface area contributed by atoms with Gasteiger partial charge in [0.15, 0.2) is 0 Å². The van der Waals surface area contributed by atoms with Crippen molar-refractivity contribution in [2.45, 2.75) is 25.3 Å². The van der Waals surface area contributed by atoms with Crippen LogP contribution in [-0.2, 0) is 6.54 Å². The molecule has 0 spiro atoms. The maximum atomic E-state index is 12.4.